The molecule has 1 aromatic heterocycles. The maximum atomic E-state index is 13.7. The van der Waals surface area contributed by atoms with Crippen LogP contribution in [0.1, 0.15) is 5.82 Å². The number of halogens is 2. The van der Waals surface area contributed by atoms with E-state index >= 15 is 0 Å². The Labute approximate surface area is 113 Å². The molecule has 0 spiro atoms. The summed E-state index contributed by atoms with van der Waals surface area (Å²) in [5, 5.41) is 12.0. The van der Waals surface area contributed by atoms with Gasteiger partial charge < -0.3 is 9.30 Å². The predicted octanol–water partition coefficient (Wildman–Crippen LogP) is 0.320. The van der Waals surface area contributed by atoms with Crippen molar-refractivity contribution in [3.63, 3.8) is 0 Å². The molecule has 0 saturated heterocycles. The zero-order chi connectivity index (χ0) is 14.9. The van der Waals surface area contributed by atoms with Crippen molar-refractivity contribution >= 4 is 10.0 Å². The maximum Gasteiger partial charge on any atom is 0.241 e. The number of hydrogen-bond donors (Lipinski definition) is 1. The van der Waals surface area contributed by atoms with Crippen molar-refractivity contribution in [1.29, 1.82) is 0 Å². The predicted molar refractivity (Wildman–Crippen MR) is 63.1 cm³/mol. The molecule has 2 aromatic rings. The Bertz CT molecular complexity index is 745. The van der Waals surface area contributed by atoms with Gasteiger partial charge in [-0.15, -0.1) is 10.2 Å². The van der Waals surface area contributed by atoms with Crippen LogP contribution in [0.4, 0.5) is 8.78 Å². The van der Waals surface area contributed by atoms with Crippen LogP contribution in [0.2, 0.25) is 0 Å². The van der Waals surface area contributed by atoms with Gasteiger partial charge in [-0.1, -0.05) is 0 Å². The summed E-state index contributed by atoms with van der Waals surface area (Å²) < 4.78 is 55.8. The molecular weight excluding hydrogens is 294 g/mol. The highest BCUT2D eigenvalue weighted by Gasteiger charge is 2.21. The number of nitrogens with zero attached hydrogens (tertiary/aromatic N) is 3. The maximum absolute atomic E-state index is 13.7. The van der Waals surface area contributed by atoms with E-state index < -0.39 is 32.3 Å². The molecule has 0 aliphatic rings. The first-order valence-corrected chi connectivity index (χ1v) is 6.82. The van der Waals surface area contributed by atoms with E-state index in [4.69, 9.17) is 9.88 Å². The summed E-state index contributed by atoms with van der Waals surface area (Å²) in [5.41, 5.74) is 0. The van der Waals surface area contributed by atoms with Gasteiger partial charge in [-0.3, -0.25) is 0 Å². The molecule has 0 aliphatic carbocycles. The fourth-order valence-electron chi connectivity index (χ4n) is 1.43. The number of aromatic nitrogens is 3. The minimum Gasteiger partial charge on any atom is -0.482 e. The van der Waals surface area contributed by atoms with E-state index in [1.807, 2.05) is 0 Å². The van der Waals surface area contributed by atoms with Gasteiger partial charge in [-0.05, 0) is 12.1 Å². The lowest BCUT2D eigenvalue weighted by Crippen LogP contribution is -2.15. The molecule has 0 aliphatic heterocycles. The summed E-state index contributed by atoms with van der Waals surface area (Å²) in [6, 6.07) is 1.81. The molecule has 10 heteroatoms. The molecule has 1 heterocycles. The molecule has 1 aromatic carbocycles. The van der Waals surface area contributed by atoms with Gasteiger partial charge in [0.2, 0.25) is 15.8 Å². The first-order chi connectivity index (χ1) is 9.30. The molecule has 0 fully saturated rings. The third-order valence-corrected chi connectivity index (χ3v) is 3.41. The van der Waals surface area contributed by atoms with Crippen molar-refractivity contribution in [3.8, 4) is 5.75 Å². The normalized spacial score (nSPS) is 11.6. The van der Waals surface area contributed by atoms with Crippen molar-refractivity contribution in [1.82, 2.24) is 14.8 Å². The van der Waals surface area contributed by atoms with Crippen LogP contribution in [0, 0.1) is 11.6 Å². The Morgan fingerprint density at radius 2 is 2.05 bits per heavy atom. The van der Waals surface area contributed by atoms with Crippen LogP contribution in [0.15, 0.2) is 23.4 Å². The summed E-state index contributed by atoms with van der Waals surface area (Å²) in [4.78, 5) is -0.930. The molecule has 0 saturated carbocycles. The second-order valence-corrected chi connectivity index (χ2v) is 5.41. The Kier molecular flexibility index (Phi) is 3.68. The molecule has 20 heavy (non-hydrogen) atoms. The second kappa shape index (κ2) is 5.13. The van der Waals surface area contributed by atoms with E-state index in [0.29, 0.717) is 5.82 Å². The first-order valence-electron chi connectivity index (χ1n) is 5.27. The van der Waals surface area contributed by atoms with Crippen molar-refractivity contribution in [2.24, 2.45) is 12.2 Å². The van der Waals surface area contributed by atoms with Gasteiger partial charge in [0.05, 0.1) is 0 Å². The molecule has 0 atom stereocenters. The quantitative estimate of drug-likeness (QED) is 0.876. The lowest BCUT2D eigenvalue weighted by molar-refractivity contribution is 0.270. The van der Waals surface area contributed by atoms with E-state index in [9.17, 15) is 17.2 Å². The van der Waals surface area contributed by atoms with Crippen molar-refractivity contribution < 1.29 is 21.9 Å². The molecular formula is C10H10F2N4O3S. The molecule has 7 nitrogen and oxygen atoms in total. The summed E-state index contributed by atoms with van der Waals surface area (Å²) >= 11 is 0. The topological polar surface area (TPSA) is 100 Å². The Balaban J connectivity index is 2.27. The summed E-state index contributed by atoms with van der Waals surface area (Å²) in [6.45, 7) is -0.151. The van der Waals surface area contributed by atoms with Crippen molar-refractivity contribution in [3.05, 3.63) is 35.9 Å². The van der Waals surface area contributed by atoms with E-state index in [1.54, 1.807) is 7.05 Å². The van der Waals surface area contributed by atoms with Gasteiger partial charge in [0.1, 0.15) is 17.8 Å². The molecule has 2 rings (SSSR count). The number of sulfonamides is 1. The molecule has 108 valence electrons. The van der Waals surface area contributed by atoms with Crippen LogP contribution >= 0.6 is 0 Å². The molecule has 0 unspecified atom stereocenters. The number of ether oxygens (including phenoxy) is 1. The minimum absolute atomic E-state index is 0.151. The van der Waals surface area contributed by atoms with Crippen LogP contribution in [0.25, 0.3) is 0 Å². The average Bonchev–Trinajstić information content (AvgIpc) is 2.75. The molecule has 0 amide bonds. The highest BCUT2D eigenvalue weighted by molar-refractivity contribution is 7.89. The third-order valence-electron chi connectivity index (χ3n) is 2.48. The van der Waals surface area contributed by atoms with Crippen LogP contribution in [0.3, 0.4) is 0 Å². The van der Waals surface area contributed by atoms with E-state index in [0.717, 1.165) is 12.1 Å². The highest BCUT2D eigenvalue weighted by Crippen LogP contribution is 2.25. The minimum atomic E-state index is -4.33. The monoisotopic (exact) mass is 304 g/mol. The highest BCUT2D eigenvalue weighted by atomic mass is 32.2. The number of benzene rings is 1. The summed E-state index contributed by atoms with van der Waals surface area (Å²) in [7, 11) is -2.68. The number of aryl methyl sites for hydroxylation is 1. The summed E-state index contributed by atoms with van der Waals surface area (Å²) in [5.74, 6) is -3.07. The average molecular weight is 304 g/mol. The zero-order valence-corrected chi connectivity index (χ0v) is 11.1. The Hall–Kier alpha value is -2.07. The lowest BCUT2D eigenvalue weighted by Gasteiger charge is -2.09. The SMILES string of the molecule is Cn1cnnc1COc1ccc(S(N)(=O)=O)c(F)c1F. The fraction of sp³-hybridized carbons (Fsp3) is 0.200. The van der Waals surface area contributed by atoms with Gasteiger partial charge in [0.25, 0.3) is 0 Å². The van der Waals surface area contributed by atoms with Gasteiger partial charge in [0.15, 0.2) is 17.4 Å². The molecule has 2 N–H and O–H groups in total. The number of nitrogens with two attached hydrogens (primary N) is 1. The van der Waals surface area contributed by atoms with Crippen LogP contribution in [0.5, 0.6) is 5.75 Å². The zero-order valence-electron chi connectivity index (χ0n) is 10.2. The number of hydrogen-bond acceptors (Lipinski definition) is 5. The lowest BCUT2D eigenvalue weighted by atomic mass is 10.3. The van der Waals surface area contributed by atoms with Crippen molar-refractivity contribution in [2.45, 2.75) is 11.5 Å². The Morgan fingerprint density at radius 3 is 2.60 bits per heavy atom. The first kappa shape index (κ1) is 14.3. The number of rotatable bonds is 4. The molecule has 0 bridgehead atoms. The van der Waals surface area contributed by atoms with Crippen LogP contribution in [-0.4, -0.2) is 23.2 Å². The van der Waals surface area contributed by atoms with Crippen LogP contribution < -0.4 is 9.88 Å². The van der Waals surface area contributed by atoms with Crippen LogP contribution in [-0.2, 0) is 23.7 Å². The Morgan fingerprint density at radius 1 is 1.35 bits per heavy atom. The second-order valence-electron chi connectivity index (χ2n) is 3.88. The molecule has 0 radical (unpaired) electrons. The number of primary sulfonamides is 1. The van der Waals surface area contributed by atoms with Crippen molar-refractivity contribution in [2.75, 3.05) is 0 Å². The van der Waals surface area contributed by atoms with E-state index in [1.165, 1.54) is 10.9 Å². The smallest absolute Gasteiger partial charge is 0.241 e. The third kappa shape index (κ3) is 2.75. The summed E-state index contributed by atoms with van der Waals surface area (Å²) in [6.07, 6.45) is 1.42. The standard InChI is InChI=1S/C10H10F2N4O3S/c1-16-5-14-15-8(16)4-19-6-2-3-7(20(13,17)18)10(12)9(6)11/h2-3,5H,4H2,1H3,(H2,13,17,18). The van der Waals surface area contributed by atoms with E-state index in [2.05, 4.69) is 10.2 Å². The van der Waals surface area contributed by atoms with Gasteiger partial charge in [-0.25, -0.2) is 17.9 Å². The largest absolute Gasteiger partial charge is 0.482 e. The van der Waals surface area contributed by atoms with Gasteiger partial charge >= 0.3 is 0 Å². The van der Waals surface area contributed by atoms with E-state index in [-0.39, 0.29) is 6.61 Å². The fourth-order valence-corrected chi connectivity index (χ4v) is 2.02. The van der Waals surface area contributed by atoms with Gasteiger partial charge in [0, 0.05) is 7.05 Å². The van der Waals surface area contributed by atoms with Gasteiger partial charge in [-0.2, -0.15) is 4.39 Å².